The third kappa shape index (κ3) is 4.36. The molecule has 1 N–H and O–H groups in total. The minimum absolute atomic E-state index is 0.0284. The van der Waals surface area contributed by atoms with Gasteiger partial charge in [-0.2, -0.15) is 0 Å². The lowest BCUT2D eigenvalue weighted by molar-refractivity contribution is 0.100. The monoisotopic (exact) mass is 517 g/mol. The number of carbonyl (C=O) groups excluding carboxylic acids is 1. The summed E-state index contributed by atoms with van der Waals surface area (Å²) in [5.41, 5.74) is 3.32. The van der Waals surface area contributed by atoms with Crippen molar-refractivity contribution < 1.29 is 18.8 Å². The zero-order valence-electron chi connectivity index (χ0n) is 19.8. The minimum atomic E-state index is -0.0284. The summed E-state index contributed by atoms with van der Waals surface area (Å²) >= 11 is 5.37. The quantitative estimate of drug-likeness (QED) is 0.179. The smallest absolute Gasteiger partial charge is 0.195 e. The number of fused-ring (bicyclic) bond motifs is 2. The van der Waals surface area contributed by atoms with Crippen LogP contribution in [0.4, 0.5) is 0 Å². The molecule has 36 heavy (non-hydrogen) atoms. The molecule has 2 aliphatic heterocycles. The number of ether oxygens (including phenoxy) is 1. The van der Waals surface area contributed by atoms with Gasteiger partial charge in [0.25, 0.3) is 0 Å². The lowest BCUT2D eigenvalue weighted by atomic mass is 9.93. The van der Waals surface area contributed by atoms with Crippen LogP contribution in [-0.4, -0.2) is 41.5 Å². The maximum atomic E-state index is 14.0. The zero-order chi connectivity index (χ0) is 24.6. The van der Waals surface area contributed by atoms with E-state index in [1.54, 1.807) is 12.1 Å². The third-order valence-electron chi connectivity index (χ3n) is 7.24. The first-order valence-corrected chi connectivity index (χ1v) is 13.5. The molecule has 1 aromatic heterocycles. The van der Waals surface area contributed by atoms with Crippen LogP contribution in [0.5, 0.6) is 17.2 Å². The molecular weight excluding hydrogens is 490 g/mol. The van der Waals surface area contributed by atoms with Crippen molar-refractivity contribution in [3.05, 3.63) is 77.4 Å². The van der Waals surface area contributed by atoms with Crippen molar-refractivity contribution in [2.45, 2.75) is 31.7 Å². The average molecular weight is 518 g/mol. The van der Waals surface area contributed by atoms with E-state index in [1.165, 1.54) is 30.6 Å². The SMILES string of the molecule is O=C(c1ccc2c(c1)C[C@@H](N1CCCCC1)CO2)c1c(-c2ccc(OS)cc2)sc2cc(O)ccc12. The molecule has 0 spiro atoms. The van der Waals surface area contributed by atoms with Crippen molar-refractivity contribution in [1.29, 1.82) is 0 Å². The normalized spacial score (nSPS) is 18.0. The van der Waals surface area contributed by atoms with Crippen LogP contribution >= 0.6 is 24.2 Å². The summed E-state index contributed by atoms with van der Waals surface area (Å²) in [7, 11) is 0. The highest BCUT2D eigenvalue weighted by molar-refractivity contribution is 7.75. The number of ketones is 1. The number of aromatic hydroxyl groups is 1. The van der Waals surface area contributed by atoms with E-state index in [4.69, 9.17) is 8.92 Å². The summed E-state index contributed by atoms with van der Waals surface area (Å²) in [6.45, 7) is 2.95. The first-order valence-electron chi connectivity index (χ1n) is 12.3. The summed E-state index contributed by atoms with van der Waals surface area (Å²) < 4.78 is 12.0. The average Bonchev–Trinajstić information content (AvgIpc) is 3.31. The molecule has 1 saturated heterocycles. The van der Waals surface area contributed by atoms with Crippen LogP contribution in [0.2, 0.25) is 0 Å². The van der Waals surface area contributed by atoms with Gasteiger partial charge in [-0.25, -0.2) is 0 Å². The highest BCUT2D eigenvalue weighted by Gasteiger charge is 2.28. The number of phenols is 1. The van der Waals surface area contributed by atoms with E-state index >= 15 is 0 Å². The van der Waals surface area contributed by atoms with Gasteiger partial charge in [-0.15, -0.1) is 11.3 Å². The Morgan fingerprint density at radius 2 is 1.83 bits per heavy atom. The van der Waals surface area contributed by atoms with Crippen molar-refractivity contribution in [3.8, 4) is 27.7 Å². The molecule has 3 aromatic carbocycles. The highest BCUT2D eigenvalue weighted by Crippen LogP contribution is 2.42. The van der Waals surface area contributed by atoms with Gasteiger partial charge in [0.15, 0.2) is 5.78 Å². The van der Waals surface area contributed by atoms with Crippen molar-refractivity contribution >= 4 is 40.1 Å². The number of thiol groups is 1. The zero-order valence-corrected chi connectivity index (χ0v) is 21.5. The van der Waals surface area contributed by atoms with Gasteiger partial charge in [0.1, 0.15) is 23.9 Å². The molecule has 0 aliphatic carbocycles. The lowest BCUT2D eigenvalue weighted by Crippen LogP contribution is -2.45. The Bertz CT molecular complexity index is 1420. The molecule has 3 heterocycles. The van der Waals surface area contributed by atoms with Gasteiger partial charge in [-0.05, 0) is 104 Å². The molecule has 4 aromatic rings. The van der Waals surface area contributed by atoms with E-state index in [-0.39, 0.29) is 11.5 Å². The largest absolute Gasteiger partial charge is 0.508 e. The molecule has 0 amide bonds. The molecule has 1 atom stereocenters. The summed E-state index contributed by atoms with van der Waals surface area (Å²) in [5.74, 6) is 1.66. The second-order valence-corrected chi connectivity index (χ2v) is 10.8. The first-order chi connectivity index (χ1) is 17.6. The predicted molar refractivity (Wildman–Crippen MR) is 147 cm³/mol. The number of rotatable bonds is 5. The number of piperidine rings is 1. The van der Waals surface area contributed by atoms with E-state index in [0.29, 0.717) is 29.5 Å². The van der Waals surface area contributed by atoms with Crippen LogP contribution in [0.3, 0.4) is 0 Å². The van der Waals surface area contributed by atoms with Crippen LogP contribution in [0.1, 0.15) is 40.7 Å². The maximum absolute atomic E-state index is 14.0. The van der Waals surface area contributed by atoms with Crippen LogP contribution in [0.25, 0.3) is 20.5 Å². The van der Waals surface area contributed by atoms with Gasteiger partial charge in [0.05, 0.1) is 0 Å². The van der Waals surface area contributed by atoms with Gasteiger partial charge >= 0.3 is 0 Å². The number of likely N-dealkylation sites (tertiary alicyclic amines) is 1. The molecular formula is C29H27NO4S2. The summed E-state index contributed by atoms with van der Waals surface area (Å²) in [6, 6.07) is 18.9. The van der Waals surface area contributed by atoms with Gasteiger partial charge in [-0.1, -0.05) is 6.42 Å². The van der Waals surface area contributed by atoms with Crippen LogP contribution < -0.4 is 8.92 Å². The van der Waals surface area contributed by atoms with E-state index in [9.17, 15) is 9.90 Å². The summed E-state index contributed by atoms with van der Waals surface area (Å²) in [4.78, 5) is 17.5. The molecule has 184 valence electrons. The number of nitrogens with zero attached hydrogens (tertiary/aromatic N) is 1. The Morgan fingerprint density at radius 3 is 2.61 bits per heavy atom. The van der Waals surface area contributed by atoms with Gasteiger partial charge in [0.2, 0.25) is 0 Å². The molecule has 0 saturated carbocycles. The van der Waals surface area contributed by atoms with Crippen LogP contribution in [0, 0.1) is 0 Å². The Balaban J connectivity index is 1.39. The molecule has 0 bridgehead atoms. The first kappa shape index (κ1) is 23.4. The highest BCUT2D eigenvalue weighted by atomic mass is 32.1. The third-order valence-corrected chi connectivity index (χ3v) is 8.65. The van der Waals surface area contributed by atoms with Gasteiger partial charge in [-0.3, -0.25) is 9.69 Å². The fourth-order valence-corrected chi connectivity index (χ4v) is 6.72. The molecule has 6 rings (SSSR count). The summed E-state index contributed by atoms with van der Waals surface area (Å²) in [5, 5.41) is 10.9. The van der Waals surface area contributed by atoms with E-state index in [0.717, 1.165) is 51.4 Å². The Kier molecular flexibility index (Phi) is 6.37. The molecule has 5 nitrogen and oxygen atoms in total. The van der Waals surface area contributed by atoms with Crippen molar-refractivity contribution in [2.24, 2.45) is 0 Å². The number of benzene rings is 3. The minimum Gasteiger partial charge on any atom is -0.508 e. The van der Waals surface area contributed by atoms with Gasteiger partial charge < -0.3 is 14.0 Å². The topological polar surface area (TPSA) is 59.0 Å². The number of phenolic OH excluding ortho intramolecular Hbond substituents is 1. The Morgan fingerprint density at radius 1 is 1.03 bits per heavy atom. The van der Waals surface area contributed by atoms with Crippen molar-refractivity contribution in [1.82, 2.24) is 4.90 Å². The Hall–Kier alpha value is -3.00. The molecule has 0 radical (unpaired) electrons. The maximum Gasteiger partial charge on any atom is 0.195 e. The second kappa shape index (κ2) is 9.81. The van der Waals surface area contributed by atoms with E-state index < -0.39 is 0 Å². The lowest BCUT2D eigenvalue weighted by Gasteiger charge is -2.37. The second-order valence-electron chi connectivity index (χ2n) is 9.52. The van der Waals surface area contributed by atoms with Gasteiger partial charge in [0, 0.05) is 45.0 Å². The standard InChI is InChI=1S/C29H27NO4S2/c31-22-7-10-24-26(16-22)36-29(18-4-8-23(34-35)9-5-18)27(24)28(32)19-6-11-25-20(14-19)15-21(17-33-25)30-12-2-1-3-13-30/h4-11,14,16,21,31,35H,1-3,12-13,15,17H2/t21-/m1/s1. The molecule has 1 fully saturated rings. The molecule has 0 unspecified atom stereocenters. The number of carbonyl (C=O) groups is 1. The number of hydrogen-bond donors (Lipinski definition) is 2. The van der Waals surface area contributed by atoms with Crippen molar-refractivity contribution in [2.75, 3.05) is 19.7 Å². The number of hydrogen-bond acceptors (Lipinski definition) is 7. The fraction of sp³-hybridized carbons (Fsp3) is 0.276. The van der Waals surface area contributed by atoms with Crippen LogP contribution in [-0.2, 0) is 6.42 Å². The Labute approximate surface area is 219 Å². The fourth-order valence-electron chi connectivity index (χ4n) is 5.36. The number of thiophene rings is 1. The van der Waals surface area contributed by atoms with E-state index in [1.807, 2.05) is 48.5 Å². The van der Waals surface area contributed by atoms with Crippen LogP contribution in [0.15, 0.2) is 60.7 Å². The molecule has 2 aliphatic rings. The summed E-state index contributed by atoms with van der Waals surface area (Å²) in [6.07, 6.45) is 4.68. The van der Waals surface area contributed by atoms with Crippen molar-refractivity contribution in [3.63, 3.8) is 0 Å². The predicted octanol–water partition coefficient (Wildman–Crippen LogP) is 6.52. The molecule has 7 heteroatoms. The van der Waals surface area contributed by atoms with E-state index in [2.05, 4.69) is 17.8 Å².